The van der Waals surface area contributed by atoms with E-state index in [0.717, 1.165) is 51.4 Å². The number of unbranched alkanes of at least 4 members (excludes halogenated alkanes) is 1. The minimum atomic E-state index is 0. The molecule has 26 heavy (non-hydrogen) atoms. The van der Waals surface area contributed by atoms with E-state index in [1.807, 2.05) is 0 Å². The summed E-state index contributed by atoms with van der Waals surface area (Å²) in [6, 6.07) is 8.74. The van der Waals surface area contributed by atoms with Crippen LogP contribution in [0.3, 0.4) is 0 Å². The van der Waals surface area contributed by atoms with Crippen LogP contribution in [0.15, 0.2) is 29.3 Å². The summed E-state index contributed by atoms with van der Waals surface area (Å²) >= 11 is 0. The second-order valence-corrected chi connectivity index (χ2v) is 6.75. The van der Waals surface area contributed by atoms with E-state index in [9.17, 15) is 5.11 Å². The topological polar surface area (TPSA) is 59.9 Å². The first-order valence-electron chi connectivity index (χ1n) is 9.73. The number of guanidine groups is 1. The molecule has 0 bridgehead atoms. The van der Waals surface area contributed by atoms with E-state index in [0.29, 0.717) is 19.1 Å². The number of hydrogen-bond acceptors (Lipinski definition) is 3. The van der Waals surface area contributed by atoms with Crippen molar-refractivity contribution >= 4 is 35.6 Å². The van der Waals surface area contributed by atoms with Crippen molar-refractivity contribution in [1.82, 2.24) is 10.6 Å². The van der Waals surface area contributed by atoms with Gasteiger partial charge in [-0.3, -0.25) is 0 Å². The van der Waals surface area contributed by atoms with E-state index in [4.69, 9.17) is 0 Å². The molecule has 1 aliphatic heterocycles. The molecule has 1 saturated heterocycles. The third kappa shape index (κ3) is 7.70. The standard InChI is InChI=1S/C20H34N4O.HI/c1-3-5-12-22-20(21-4-2)23-15-17-6-8-19(9-7-17)24-13-10-18(16-25)11-14-24;/h6-9,18,25H,3-5,10-16H2,1-2H3,(H2,21,22,23);1H. The SMILES string of the molecule is CCCCNC(=NCc1ccc(N2CCC(CO)CC2)cc1)NCC.I. The number of hydrogen-bond donors (Lipinski definition) is 3. The van der Waals surface area contributed by atoms with Crippen molar-refractivity contribution < 1.29 is 5.11 Å². The molecule has 5 nitrogen and oxygen atoms in total. The molecule has 0 saturated carbocycles. The maximum absolute atomic E-state index is 9.25. The third-order valence-corrected chi connectivity index (χ3v) is 4.76. The van der Waals surface area contributed by atoms with Crippen molar-refractivity contribution in [2.75, 3.05) is 37.7 Å². The van der Waals surface area contributed by atoms with Crippen molar-refractivity contribution in [2.24, 2.45) is 10.9 Å². The Morgan fingerprint density at radius 1 is 1.15 bits per heavy atom. The van der Waals surface area contributed by atoms with Crippen molar-refractivity contribution in [1.29, 1.82) is 0 Å². The average molecular weight is 474 g/mol. The maximum Gasteiger partial charge on any atom is 0.191 e. The Bertz CT molecular complexity index is 513. The monoisotopic (exact) mass is 474 g/mol. The summed E-state index contributed by atoms with van der Waals surface area (Å²) in [5, 5.41) is 15.9. The van der Waals surface area contributed by atoms with Crippen molar-refractivity contribution in [3.05, 3.63) is 29.8 Å². The summed E-state index contributed by atoms with van der Waals surface area (Å²) in [6.45, 7) is 9.21. The molecule has 0 radical (unpaired) electrons. The number of halogens is 1. The molecule has 0 spiro atoms. The Kier molecular flexibility index (Phi) is 11.7. The molecule has 148 valence electrons. The summed E-state index contributed by atoms with van der Waals surface area (Å²) in [4.78, 5) is 7.08. The Labute approximate surface area is 175 Å². The molecule has 0 atom stereocenters. The van der Waals surface area contributed by atoms with Gasteiger partial charge < -0.3 is 20.6 Å². The summed E-state index contributed by atoms with van der Waals surface area (Å²) in [7, 11) is 0. The third-order valence-electron chi connectivity index (χ3n) is 4.76. The molecule has 1 heterocycles. The van der Waals surface area contributed by atoms with Gasteiger partial charge in [0, 0.05) is 38.5 Å². The highest BCUT2D eigenvalue weighted by Crippen LogP contribution is 2.23. The number of benzene rings is 1. The number of aliphatic hydroxyl groups excluding tert-OH is 1. The van der Waals surface area contributed by atoms with Gasteiger partial charge in [0.1, 0.15) is 0 Å². The summed E-state index contributed by atoms with van der Waals surface area (Å²) < 4.78 is 0. The smallest absolute Gasteiger partial charge is 0.191 e. The van der Waals surface area contributed by atoms with Crippen LogP contribution >= 0.6 is 24.0 Å². The second-order valence-electron chi connectivity index (χ2n) is 6.75. The van der Waals surface area contributed by atoms with Crippen LogP contribution in [0.2, 0.25) is 0 Å². The molecule has 6 heteroatoms. The number of nitrogens with zero attached hydrogens (tertiary/aromatic N) is 2. The fourth-order valence-corrected chi connectivity index (χ4v) is 3.08. The number of nitrogens with one attached hydrogen (secondary N) is 2. The first kappa shape index (κ1) is 23.0. The fraction of sp³-hybridized carbons (Fsp3) is 0.650. The molecule has 0 aromatic heterocycles. The highest BCUT2D eigenvalue weighted by Gasteiger charge is 2.18. The highest BCUT2D eigenvalue weighted by atomic mass is 127. The zero-order chi connectivity index (χ0) is 17.9. The molecule has 1 aromatic carbocycles. The summed E-state index contributed by atoms with van der Waals surface area (Å²) in [6.07, 6.45) is 4.51. The number of rotatable bonds is 8. The Balaban J connectivity index is 0.00000338. The van der Waals surface area contributed by atoms with Crippen LogP contribution in [0, 0.1) is 5.92 Å². The van der Waals surface area contributed by atoms with Crippen LogP contribution in [0.25, 0.3) is 0 Å². The molecule has 0 amide bonds. The highest BCUT2D eigenvalue weighted by molar-refractivity contribution is 14.0. The minimum Gasteiger partial charge on any atom is -0.396 e. The zero-order valence-corrected chi connectivity index (χ0v) is 18.5. The van der Waals surface area contributed by atoms with Gasteiger partial charge in [0.2, 0.25) is 0 Å². The number of anilines is 1. The molecule has 0 aliphatic carbocycles. The first-order chi connectivity index (χ1) is 12.3. The first-order valence-corrected chi connectivity index (χ1v) is 9.73. The lowest BCUT2D eigenvalue weighted by Crippen LogP contribution is -2.37. The van der Waals surface area contributed by atoms with E-state index >= 15 is 0 Å². The van der Waals surface area contributed by atoms with Crippen LogP contribution in [0.4, 0.5) is 5.69 Å². The van der Waals surface area contributed by atoms with E-state index < -0.39 is 0 Å². The Morgan fingerprint density at radius 2 is 1.85 bits per heavy atom. The summed E-state index contributed by atoms with van der Waals surface area (Å²) in [5.74, 6) is 1.38. The molecule has 3 N–H and O–H groups in total. The minimum absolute atomic E-state index is 0. The zero-order valence-electron chi connectivity index (χ0n) is 16.2. The van der Waals surface area contributed by atoms with Crippen LogP contribution in [0.5, 0.6) is 0 Å². The van der Waals surface area contributed by atoms with Gasteiger partial charge in [0.25, 0.3) is 0 Å². The molecule has 1 aromatic rings. The van der Waals surface area contributed by atoms with Crippen LogP contribution < -0.4 is 15.5 Å². The van der Waals surface area contributed by atoms with Crippen LogP contribution in [-0.4, -0.2) is 43.9 Å². The van der Waals surface area contributed by atoms with Crippen molar-refractivity contribution in [2.45, 2.75) is 46.1 Å². The van der Waals surface area contributed by atoms with E-state index in [2.05, 4.69) is 58.6 Å². The van der Waals surface area contributed by atoms with Crippen LogP contribution in [-0.2, 0) is 6.54 Å². The van der Waals surface area contributed by atoms with E-state index in [1.165, 1.54) is 17.7 Å². The molecule has 1 fully saturated rings. The maximum atomic E-state index is 9.25. The van der Waals surface area contributed by atoms with Gasteiger partial charge in [0.05, 0.1) is 6.54 Å². The van der Waals surface area contributed by atoms with E-state index in [-0.39, 0.29) is 24.0 Å². The van der Waals surface area contributed by atoms with Crippen molar-refractivity contribution in [3.63, 3.8) is 0 Å². The number of aliphatic hydroxyl groups is 1. The predicted octanol–water partition coefficient (Wildman–Crippen LogP) is 3.37. The number of piperidine rings is 1. The van der Waals surface area contributed by atoms with Gasteiger partial charge in [0.15, 0.2) is 5.96 Å². The molecular formula is C20H35IN4O. The van der Waals surface area contributed by atoms with Crippen LogP contribution in [0.1, 0.15) is 45.1 Å². The number of aliphatic imine (C=N–C) groups is 1. The van der Waals surface area contributed by atoms with Gasteiger partial charge in [-0.25, -0.2) is 4.99 Å². The van der Waals surface area contributed by atoms with E-state index in [1.54, 1.807) is 0 Å². The fourth-order valence-electron chi connectivity index (χ4n) is 3.08. The van der Waals surface area contributed by atoms with Gasteiger partial charge in [-0.2, -0.15) is 0 Å². The second kappa shape index (κ2) is 13.2. The predicted molar refractivity (Wildman–Crippen MR) is 122 cm³/mol. The summed E-state index contributed by atoms with van der Waals surface area (Å²) in [5.41, 5.74) is 2.50. The molecular weight excluding hydrogens is 439 g/mol. The Morgan fingerprint density at radius 3 is 2.42 bits per heavy atom. The largest absolute Gasteiger partial charge is 0.396 e. The molecule has 0 unspecified atom stereocenters. The van der Waals surface area contributed by atoms with Gasteiger partial charge in [-0.1, -0.05) is 25.5 Å². The molecule has 1 aliphatic rings. The normalized spacial score (nSPS) is 15.5. The lowest BCUT2D eigenvalue weighted by molar-refractivity contribution is 0.203. The van der Waals surface area contributed by atoms with Crippen molar-refractivity contribution in [3.8, 4) is 0 Å². The quantitative estimate of drug-likeness (QED) is 0.234. The lowest BCUT2D eigenvalue weighted by atomic mass is 9.97. The lowest BCUT2D eigenvalue weighted by Gasteiger charge is -2.32. The van der Waals surface area contributed by atoms with Gasteiger partial charge >= 0.3 is 0 Å². The van der Waals surface area contributed by atoms with Gasteiger partial charge in [-0.05, 0) is 49.8 Å². The van der Waals surface area contributed by atoms with Gasteiger partial charge in [-0.15, -0.1) is 24.0 Å². The molecule has 2 rings (SSSR count). The Hall–Kier alpha value is -1.02. The average Bonchev–Trinajstić information content (AvgIpc) is 2.67.